The standard InChI is InChI=1S/C9H13ClO2S/c1-2-7(11)5-13-6-8-3-4-9(10)12-8/h3-4,7,11H,2,5-6H2,1H3. The van der Waals surface area contributed by atoms with E-state index in [-0.39, 0.29) is 6.10 Å². The maximum absolute atomic E-state index is 9.26. The average molecular weight is 221 g/mol. The molecule has 1 unspecified atom stereocenters. The zero-order valence-corrected chi connectivity index (χ0v) is 9.07. The van der Waals surface area contributed by atoms with Gasteiger partial charge < -0.3 is 9.52 Å². The lowest BCUT2D eigenvalue weighted by atomic mass is 10.3. The number of aliphatic hydroxyl groups is 1. The fourth-order valence-corrected chi connectivity index (χ4v) is 1.99. The highest BCUT2D eigenvalue weighted by atomic mass is 35.5. The quantitative estimate of drug-likeness (QED) is 0.829. The number of aliphatic hydroxyl groups excluding tert-OH is 1. The molecule has 1 aromatic rings. The molecule has 1 atom stereocenters. The molecule has 1 rings (SSSR count). The predicted molar refractivity (Wildman–Crippen MR) is 56.2 cm³/mol. The molecule has 4 heteroatoms. The molecule has 0 spiro atoms. The number of hydrogen-bond donors (Lipinski definition) is 1. The van der Waals surface area contributed by atoms with Gasteiger partial charge in [0.2, 0.25) is 0 Å². The highest BCUT2D eigenvalue weighted by Crippen LogP contribution is 2.19. The van der Waals surface area contributed by atoms with Crippen molar-refractivity contribution in [2.24, 2.45) is 0 Å². The van der Waals surface area contributed by atoms with Gasteiger partial charge in [-0.2, -0.15) is 11.8 Å². The molecule has 2 nitrogen and oxygen atoms in total. The third-order valence-electron chi connectivity index (χ3n) is 1.65. The van der Waals surface area contributed by atoms with Gasteiger partial charge in [-0.1, -0.05) is 6.92 Å². The topological polar surface area (TPSA) is 33.4 Å². The van der Waals surface area contributed by atoms with Gasteiger partial charge in [0.1, 0.15) is 5.76 Å². The van der Waals surface area contributed by atoms with Crippen LogP contribution in [-0.2, 0) is 5.75 Å². The number of hydrogen-bond acceptors (Lipinski definition) is 3. The van der Waals surface area contributed by atoms with Crippen LogP contribution in [0, 0.1) is 0 Å². The van der Waals surface area contributed by atoms with E-state index in [0.717, 1.165) is 23.7 Å². The van der Waals surface area contributed by atoms with Gasteiger partial charge in [-0.15, -0.1) is 0 Å². The van der Waals surface area contributed by atoms with Crippen LogP contribution in [0.2, 0.25) is 5.22 Å². The van der Waals surface area contributed by atoms with Gasteiger partial charge in [0.25, 0.3) is 0 Å². The monoisotopic (exact) mass is 220 g/mol. The maximum Gasteiger partial charge on any atom is 0.193 e. The van der Waals surface area contributed by atoms with Gasteiger partial charge in [0.15, 0.2) is 5.22 Å². The summed E-state index contributed by atoms with van der Waals surface area (Å²) in [5, 5.41) is 9.69. The molecular weight excluding hydrogens is 208 g/mol. The summed E-state index contributed by atoms with van der Waals surface area (Å²) >= 11 is 7.25. The molecule has 13 heavy (non-hydrogen) atoms. The van der Waals surface area contributed by atoms with Crippen LogP contribution in [-0.4, -0.2) is 17.0 Å². The van der Waals surface area contributed by atoms with Gasteiger partial charge in [0, 0.05) is 5.75 Å². The average Bonchev–Trinajstić information content (AvgIpc) is 2.51. The van der Waals surface area contributed by atoms with Crippen LogP contribution in [0.25, 0.3) is 0 Å². The molecule has 0 aliphatic heterocycles. The van der Waals surface area contributed by atoms with Crippen LogP contribution in [0.1, 0.15) is 19.1 Å². The van der Waals surface area contributed by atoms with Crippen molar-refractivity contribution in [3.63, 3.8) is 0 Å². The Morgan fingerprint density at radius 1 is 1.62 bits per heavy atom. The maximum atomic E-state index is 9.26. The Morgan fingerprint density at radius 2 is 2.38 bits per heavy atom. The van der Waals surface area contributed by atoms with Crippen LogP contribution in [0.5, 0.6) is 0 Å². The Morgan fingerprint density at radius 3 is 2.92 bits per heavy atom. The van der Waals surface area contributed by atoms with Gasteiger partial charge >= 0.3 is 0 Å². The van der Waals surface area contributed by atoms with Gasteiger partial charge in [-0.25, -0.2) is 0 Å². The zero-order chi connectivity index (χ0) is 9.68. The second kappa shape index (κ2) is 5.58. The summed E-state index contributed by atoms with van der Waals surface area (Å²) in [5.74, 6) is 2.37. The Bertz CT molecular complexity index is 250. The van der Waals surface area contributed by atoms with E-state index in [1.165, 1.54) is 0 Å². The van der Waals surface area contributed by atoms with Gasteiger partial charge in [-0.05, 0) is 30.2 Å². The lowest BCUT2D eigenvalue weighted by molar-refractivity contribution is 0.195. The first-order chi connectivity index (χ1) is 6.22. The van der Waals surface area contributed by atoms with Crippen LogP contribution in [0.3, 0.4) is 0 Å². The SMILES string of the molecule is CCC(O)CSCc1ccc(Cl)o1. The first kappa shape index (κ1) is 11.0. The van der Waals surface area contributed by atoms with Crippen molar-refractivity contribution in [1.29, 1.82) is 0 Å². The van der Waals surface area contributed by atoms with Crippen LogP contribution >= 0.6 is 23.4 Å². The van der Waals surface area contributed by atoms with E-state index in [2.05, 4.69) is 0 Å². The van der Waals surface area contributed by atoms with Crippen molar-refractivity contribution < 1.29 is 9.52 Å². The van der Waals surface area contributed by atoms with Crippen LogP contribution in [0.4, 0.5) is 0 Å². The highest BCUT2D eigenvalue weighted by molar-refractivity contribution is 7.98. The van der Waals surface area contributed by atoms with E-state index < -0.39 is 0 Å². The molecule has 0 aliphatic carbocycles. The third-order valence-corrected chi connectivity index (χ3v) is 2.97. The van der Waals surface area contributed by atoms with Gasteiger partial charge in [-0.3, -0.25) is 0 Å². The van der Waals surface area contributed by atoms with Crippen molar-refractivity contribution in [3.8, 4) is 0 Å². The summed E-state index contributed by atoms with van der Waals surface area (Å²) in [4.78, 5) is 0. The minimum absolute atomic E-state index is 0.213. The fourth-order valence-electron chi connectivity index (χ4n) is 0.843. The van der Waals surface area contributed by atoms with Gasteiger partial charge in [0.05, 0.1) is 11.9 Å². The minimum atomic E-state index is -0.213. The van der Waals surface area contributed by atoms with E-state index in [0.29, 0.717) is 5.22 Å². The van der Waals surface area contributed by atoms with Crippen molar-refractivity contribution in [2.75, 3.05) is 5.75 Å². The second-order valence-electron chi connectivity index (χ2n) is 2.78. The molecule has 0 bridgehead atoms. The van der Waals surface area contributed by atoms with Crippen molar-refractivity contribution in [2.45, 2.75) is 25.2 Å². The lowest BCUT2D eigenvalue weighted by Crippen LogP contribution is -2.07. The van der Waals surface area contributed by atoms with E-state index >= 15 is 0 Å². The molecular formula is C9H13ClO2S. The molecule has 0 aliphatic rings. The first-order valence-corrected chi connectivity index (χ1v) is 5.75. The highest BCUT2D eigenvalue weighted by Gasteiger charge is 2.03. The fraction of sp³-hybridized carbons (Fsp3) is 0.556. The zero-order valence-electron chi connectivity index (χ0n) is 7.50. The Kier molecular flexibility index (Phi) is 4.70. The smallest absolute Gasteiger partial charge is 0.193 e. The molecule has 74 valence electrons. The third kappa shape index (κ3) is 4.07. The number of halogens is 1. The van der Waals surface area contributed by atoms with Crippen LogP contribution < -0.4 is 0 Å². The van der Waals surface area contributed by atoms with E-state index in [9.17, 15) is 5.11 Å². The lowest BCUT2D eigenvalue weighted by Gasteiger charge is -2.05. The Labute approximate surface area is 87.3 Å². The Hall–Kier alpha value is -0.120. The summed E-state index contributed by atoms with van der Waals surface area (Å²) in [7, 11) is 0. The predicted octanol–water partition coefficient (Wildman–Crippen LogP) is 2.94. The van der Waals surface area contributed by atoms with Crippen LogP contribution in [0.15, 0.2) is 16.5 Å². The van der Waals surface area contributed by atoms with E-state index in [4.69, 9.17) is 16.0 Å². The molecule has 1 heterocycles. The van der Waals surface area contributed by atoms with Crippen molar-refractivity contribution >= 4 is 23.4 Å². The molecule has 1 N–H and O–H groups in total. The Balaban J connectivity index is 2.20. The molecule has 0 saturated heterocycles. The number of thioether (sulfide) groups is 1. The molecule has 0 amide bonds. The van der Waals surface area contributed by atoms with E-state index in [1.54, 1.807) is 17.8 Å². The minimum Gasteiger partial charge on any atom is -0.449 e. The summed E-state index contributed by atoms with van der Waals surface area (Å²) in [5.41, 5.74) is 0. The first-order valence-electron chi connectivity index (χ1n) is 4.22. The van der Waals surface area contributed by atoms with Crippen molar-refractivity contribution in [1.82, 2.24) is 0 Å². The summed E-state index contributed by atoms with van der Waals surface area (Å²) in [6, 6.07) is 3.58. The molecule has 0 radical (unpaired) electrons. The van der Waals surface area contributed by atoms with E-state index in [1.807, 2.05) is 13.0 Å². The summed E-state index contributed by atoms with van der Waals surface area (Å²) < 4.78 is 5.16. The second-order valence-corrected chi connectivity index (χ2v) is 4.19. The summed E-state index contributed by atoms with van der Waals surface area (Å²) in [6.45, 7) is 1.97. The number of rotatable bonds is 5. The summed E-state index contributed by atoms with van der Waals surface area (Å²) in [6.07, 6.45) is 0.585. The molecule has 0 fully saturated rings. The largest absolute Gasteiger partial charge is 0.449 e. The van der Waals surface area contributed by atoms with Crippen molar-refractivity contribution in [3.05, 3.63) is 23.1 Å². The molecule has 1 aromatic heterocycles. The normalized spacial score (nSPS) is 13.2. The number of furan rings is 1. The molecule has 0 aromatic carbocycles. The molecule has 0 saturated carbocycles.